The van der Waals surface area contributed by atoms with E-state index in [2.05, 4.69) is 27.0 Å². The van der Waals surface area contributed by atoms with Crippen LogP contribution in [0.5, 0.6) is 0 Å². The fourth-order valence-corrected chi connectivity index (χ4v) is 8.74. The van der Waals surface area contributed by atoms with E-state index in [0.717, 1.165) is 25.7 Å². The van der Waals surface area contributed by atoms with Gasteiger partial charge in [0.15, 0.2) is 0 Å². The molecule has 7 nitrogen and oxygen atoms in total. The van der Waals surface area contributed by atoms with E-state index in [1.54, 1.807) is 38.6 Å². The molecule has 3 fully saturated rings. The van der Waals surface area contributed by atoms with Gasteiger partial charge in [0, 0.05) is 38.0 Å². The van der Waals surface area contributed by atoms with Gasteiger partial charge in [-0.25, -0.2) is 0 Å². The van der Waals surface area contributed by atoms with Crippen LogP contribution < -0.4 is 0 Å². The van der Waals surface area contributed by atoms with Crippen LogP contribution in [0.2, 0.25) is 0 Å². The first-order chi connectivity index (χ1) is 16.3. The number of nitrogens with zero attached hydrogens (tertiary/aromatic N) is 3. The third kappa shape index (κ3) is 4.32. The van der Waals surface area contributed by atoms with Crippen LogP contribution in [0.3, 0.4) is 0 Å². The van der Waals surface area contributed by atoms with Crippen molar-refractivity contribution >= 4 is 29.5 Å². The van der Waals surface area contributed by atoms with E-state index in [4.69, 9.17) is 0 Å². The summed E-state index contributed by atoms with van der Waals surface area (Å²) >= 11 is 1.69. The van der Waals surface area contributed by atoms with Crippen LogP contribution in [0.4, 0.5) is 0 Å². The Balaban J connectivity index is 2.03. The zero-order chi connectivity index (χ0) is 25.0. The summed E-state index contributed by atoms with van der Waals surface area (Å²) in [6.45, 7) is 15.9. The Morgan fingerprint density at radius 1 is 1.15 bits per heavy atom. The van der Waals surface area contributed by atoms with Gasteiger partial charge in [0.05, 0.1) is 23.2 Å². The first-order valence-corrected chi connectivity index (χ1v) is 13.6. The number of thioether (sulfide) groups is 1. The second-order valence-electron chi connectivity index (χ2n) is 9.81. The molecule has 0 aromatic rings. The van der Waals surface area contributed by atoms with Gasteiger partial charge in [-0.3, -0.25) is 14.4 Å². The van der Waals surface area contributed by atoms with E-state index in [1.807, 2.05) is 6.92 Å². The highest BCUT2D eigenvalue weighted by atomic mass is 32.2. The summed E-state index contributed by atoms with van der Waals surface area (Å²) in [6, 6.07) is -0.671. The lowest BCUT2D eigenvalue weighted by Gasteiger charge is -2.41. The molecule has 3 rings (SSSR count). The summed E-state index contributed by atoms with van der Waals surface area (Å²) in [5.41, 5.74) is 0. The topological polar surface area (TPSA) is 81.2 Å². The summed E-state index contributed by atoms with van der Waals surface area (Å²) in [7, 11) is 0. The maximum absolute atomic E-state index is 14.0. The van der Waals surface area contributed by atoms with E-state index in [0.29, 0.717) is 26.2 Å². The zero-order valence-corrected chi connectivity index (χ0v) is 21.8. The number of aliphatic hydroxyl groups excluding tert-OH is 1. The fourth-order valence-electron chi connectivity index (χ4n) is 6.33. The Labute approximate surface area is 208 Å². The van der Waals surface area contributed by atoms with E-state index in [1.165, 1.54) is 0 Å². The number of carbonyl (C=O) groups excluding carboxylic acids is 3. The van der Waals surface area contributed by atoms with Crippen molar-refractivity contribution < 1.29 is 19.5 Å². The molecule has 0 aromatic heterocycles. The number of hydrogen-bond donors (Lipinski definition) is 1. The number of amides is 3. The first kappa shape index (κ1) is 26.8. The number of rotatable bonds is 13. The number of likely N-dealkylation sites (tertiary alicyclic amines) is 1. The van der Waals surface area contributed by atoms with Gasteiger partial charge in [-0.2, -0.15) is 0 Å². The number of β-amino-alcohol motifs (C(OH)–C–C–N with tert-alkyl or cyclic N) is 1. The van der Waals surface area contributed by atoms with Crippen LogP contribution in [0, 0.1) is 17.8 Å². The number of fused-ring (bicyclic) bond motifs is 1. The van der Waals surface area contributed by atoms with Crippen molar-refractivity contribution in [1.82, 2.24) is 14.7 Å². The zero-order valence-electron chi connectivity index (χ0n) is 20.9. The van der Waals surface area contributed by atoms with Gasteiger partial charge < -0.3 is 19.8 Å². The van der Waals surface area contributed by atoms with E-state index in [9.17, 15) is 19.5 Å². The Morgan fingerprint density at radius 2 is 1.79 bits per heavy atom. The highest BCUT2D eigenvalue weighted by molar-refractivity contribution is 8.02. The minimum Gasteiger partial charge on any atom is -0.395 e. The molecule has 34 heavy (non-hydrogen) atoms. The van der Waals surface area contributed by atoms with Gasteiger partial charge >= 0.3 is 0 Å². The third-order valence-electron chi connectivity index (χ3n) is 7.70. The lowest BCUT2D eigenvalue weighted by Crippen LogP contribution is -2.57. The Kier molecular flexibility index (Phi) is 8.90. The smallest absolute Gasteiger partial charge is 0.247 e. The second kappa shape index (κ2) is 11.3. The summed E-state index contributed by atoms with van der Waals surface area (Å²) < 4.78 is -0.647. The molecule has 2 bridgehead atoms. The van der Waals surface area contributed by atoms with Crippen LogP contribution in [0.25, 0.3) is 0 Å². The highest BCUT2D eigenvalue weighted by Crippen LogP contribution is 2.68. The maximum Gasteiger partial charge on any atom is 0.247 e. The lowest BCUT2D eigenvalue weighted by atomic mass is 9.65. The molecule has 1 N–H and O–H groups in total. The quantitative estimate of drug-likeness (QED) is 0.401. The molecule has 8 heteroatoms. The predicted octanol–water partition coefficient (Wildman–Crippen LogP) is 2.56. The SMILES string of the molecule is C=CCN(CCCC)C(=O)C1N(CCO)C(=O)[C@@H]2[C@@H](C(=O)N(CC=C)CCC)[C@H]3CC(C)C12S3. The van der Waals surface area contributed by atoms with Crippen molar-refractivity contribution in [3.05, 3.63) is 25.3 Å². The number of hydrogen-bond acceptors (Lipinski definition) is 5. The van der Waals surface area contributed by atoms with Crippen LogP contribution in [0.15, 0.2) is 25.3 Å². The van der Waals surface area contributed by atoms with Crippen LogP contribution in [-0.4, -0.2) is 92.9 Å². The third-order valence-corrected chi connectivity index (χ3v) is 9.78. The minimum absolute atomic E-state index is 0.00245. The summed E-state index contributed by atoms with van der Waals surface area (Å²) in [4.78, 5) is 46.9. The molecule has 0 radical (unpaired) electrons. The predicted molar refractivity (Wildman–Crippen MR) is 136 cm³/mol. The molecule has 3 heterocycles. The van der Waals surface area contributed by atoms with E-state index < -0.39 is 22.6 Å². The molecule has 0 aromatic carbocycles. The fraction of sp³-hybridized carbons (Fsp3) is 0.731. The average Bonchev–Trinajstić information content (AvgIpc) is 3.40. The van der Waals surface area contributed by atoms with Gasteiger partial charge in [0.25, 0.3) is 0 Å². The molecule has 0 saturated carbocycles. The molecule has 6 atom stereocenters. The number of aliphatic hydroxyl groups is 1. The summed E-state index contributed by atoms with van der Waals surface area (Å²) in [5.74, 6) is -1.10. The molecule has 3 saturated heterocycles. The normalized spacial score (nSPS) is 31.5. The van der Waals surface area contributed by atoms with Crippen molar-refractivity contribution in [1.29, 1.82) is 0 Å². The summed E-state index contributed by atoms with van der Waals surface area (Å²) in [6.07, 6.45) is 6.93. The lowest BCUT2D eigenvalue weighted by molar-refractivity contribution is -0.145. The molecule has 3 unspecified atom stereocenters. The number of unbranched alkanes of at least 4 members (excludes halogenated alkanes) is 1. The van der Waals surface area contributed by atoms with Gasteiger partial charge in [0.1, 0.15) is 6.04 Å². The maximum atomic E-state index is 14.0. The molecule has 3 amide bonds. The van der Waals surface area contributed by atoms with E-state index >= 15 is 0 Å². The Hall–Kier alpha value is -1.80. The summed E-state index contributed by atoms with van der Waals surface area (Å²) in [5, 5.41) is 9.82. The molecular weight excluding hydrogens is 450 g/mol. The number of carbonyl (C=O) groups is 3. The molecule has 3 aliphatic rings. The Morgan fingerprint density at radius 3 is 2.35 bits per heavy atom. The standard InChI is InChI=1S/C26H41N3O4S/c1-6-10-14-28(13-9-4)25(33)22-26-18(5)17-19(34-26)20(21(26)24(32)29(22)15-16-30)23(31)27(11-7-2)12-8-3/h7,9,18-22,30H,2,4,6,8,10-17H2,1,3,5H3/t18?,19-,20+,21+,22?,26?/m1/s1. The van der Waals surface area contributed by atoms with E-state index in [-0.39, 0.29) is 42.0 Å². The van der Waals surface area contributed by atoms with Crippen molar-refractivity contribution in [2.45, 2.75) is 62.5 Å². The monoisotopic (exact) mass is 491 g/mol. The molecule has 0 aliphatic carbocycles. The van der Waals surface area contributed by atoms with Gasteiger partial charge in [-0.1, -0.05) is 39.3 Å². The van der Waals surface area contributed by atoms with Gasteiger partial charge in [-0.15, -0.1) is 24.9 Å². The van der Waals surface area contributed by atoms with Crippen LogP contribution in [-0.2, 0) is 14.4 Å². The molecule has 1 spiro atoms. The van der Waals surface area contributed by atoms with Crippen molar-refractivity contribution in [3.63, 3.8) is 0 Å². The minimum atomic E-state index is -0.671. The highest BCUT2D eigenvalue weighted by Gasteiger charge is 2.76. The average molecular weight is 492 g/mol. The second-order valence-corrected chi connectivity index (χ2v) is 11.4. The van der Waals surface area contributed by atoms with Crippen LogP contribution in [0.1, 0.15) is 46.5 Å². The Bertz CT molecular complexity index is 805. The molecule has 3 aliphatic heterocycles. The molecule has 190 valence electrons. The molecular formula is C26H41N3O4S. The van der Waals surface area contributed by atoms with Crippen molar-refractivity contribution in [2.75, 3.05) is 39.3 Å². The largest absolute Gasteiger partial charge is 0.395 e. The van der Waals surface area contributed by atoms with Gasteiger partial charge in [0.2, 0.25) is 17.7 Å². The van der Waals surface area contributed by atoms with Crippen LogP contribution >= 0.6 is 11.8 Å². The first-order valence-electron chi connectivity index (χ1n) is 12.7. The van der Waals surface area contributed by atoms with Gasteiger partial charge in [-0.05, 0) is 25.2 Å². The van der Waals surface area contributed by atoms with Crippen molar-refractivity contribution in [3.8, 4) is 0 Å². The van der Waals surface area contributed by atoms with Crippen molar-refractivity contribution in [2.24, 2.45) is 17.8 Å².